The van der Waals surface area contributed by atoms with E-state index in [0.717, 1.165) is 30.2 Å². The Kier molecular flexibility index (Phi) is 3.99. The fraction of sp³-hybridized carbons (Fsp3) is 0.444. The van der Waals surface area contributed by atoms with Crippen LogP contribution in [0.3, 0.4) is 0 Å². The van der Waals surface area contributed by atoms with E-state index in [1.165, 1.54) is 0 Å². The fourth-order valence-electron chi connectivity index (χ4n) is 3.82. The Hall–Kier alpha value is -2.74. The Morgan fingerprint density at radius 2 is 1.85 bits per heavy atom. The molecule has 0 aliphatic carbocycles. The summed E-state index contributed by atoms with van der Waals surface area (Å²) in [6.07, 6.45) is 0.284. The van der Waals surface area contributed by atoms with Crippen LogP contribution in [0.2, 0.25) is 0 Å². The van der Waals surface area contributed by atoms with Crippen molar-refractivity contribution in [3.63, 3.8) is 0 Å². The summed E-state index contributed by atoms with van der Waals surface area (Å²) in [6, 6.07) is 4.65. The Balaban J connectivity index is 1.62. The third-order valence-electron chi connectivity index (χ3n) is 5.16. The molecule has 3 aliphatic rings. The molecule has 1 aromatic carbocycles. The number of amides is 4. The van der Waals surface area contributed by atoms with Gasteiger partial charge >= 0.3 is 0 Å². The first-order valence-corrected chi connectivity index (χ1v) is 8.79. The van der Waals surface area contributed by atoms with Gasteiger partial charge < -0.3 is 10.2 Å². The number of nitrogens with one attached hydrogen (secondary N) is 2. The summed E-state index contributed by atoms with van der Waals surface area (Å²) >= 11 is 0. The first-order chi connectivity index (χ1) is 12.5. The maximum absolute atomic E-state index is 12.8. The van der Waals surface area contributed by atoms with Crippen LogP contribution in [0.25, 0.3) is 0 Å². The van der Waals surface area contributed by atoms with Crippen LogP contribution >= 0.6 is 0 Å². The molecule has 2 atom stereocenters. The van der Waals surface area contributed by atoms with Gasteiger partial charge in [-0.15, -0.1) is 0 Å². The van der Waals surface area contributed by atoms with Crippen molar-refractivity contribution in [2.75, 3.05) is 24.5 Å². The summed E-state index contributed by atoms with van der Waals surface area (Å²) in [5, 5.41) is 5.57. The molecule has 4 rings (SSSR count). The van der Waals surface area contributed by atoms with Crippen molar-refractivity contribution < 1.29 is 19.2 Å². The van der Waals surface area contributed by atoms with Crippen molar-refractivity contribution in [2.24, 2.45) is 0 Å². The largest absolute Gasteiger partial charge is 0.369 e. The molecule has 3 aliphatic heterocycles. The van der Waals surface area contributed by atoms with Crippen LogP contribution < -0.4 is 15.5 Å². The summed E-state index contributed by atoms with van der Waals surface area (Å²) in [5.41, 5.74) is 1.53. The highest BCUT2D eigenvalue weighted by molar-refractivity contribution is 6.23. The zero-order chi connectivity index (χ0) is 18.4. The van der Waals surface area contributed by atoms with E-state index in [9.17, 15) is 19.2 Å². The highest BCUT2D eigenvalue weighted by Gasteiger charge is 2.44. The Labute approximate surface area is 150 Å². The molecule has 2 N–H and O–H groups in total. The van der Waals surface area contributed by atoms with Crippen LogP contribution in [0.4, 0.5) is 5.69 Å². The second-order valence-electron chi connectivity index (χ2n) is 6.98. The predicted molar refractivity (Wildman–Crippen MR) is 92.8 cm³/mol. The lowest BCUT2D eigenvalue weighted by Crippen LogP contribution is -2.54. The number of nitrogens with zero attached hydrogens (tertiary/aromatic N) is 2. The standard InChI is InChI=1S/C18H20N4O4/c1-10-9-21(7-6-19-10)11-2-3-12-13(8-11)18(26)22(17(12)25)14-4-5-15(23)20-16(14)24/h2-3,8,10,14,19H,4-7,9H2,1H3,(H,20,23,24). The lowest BCUT2D eigenvalue weighted by molar-refractivity contribution is -0.136. The van der Waals surface area contributed by atoms with Crippen LogP contribution in [-0.2, 0) is 9.59 Å². The van der Waals surface area contributed by atoms with Gasteiger partial charge in [0.2, 0.25) is 11.8 Å². The van der Waals surface area contributed by atoms with E-state index in [4.69, 9.17) is 0 Å². The molecule has 8 heteroatoms. The van der Waals surface area contributed by atoms with E-state index in [-0.39, 0.29) is 18.7 Å². The third-order valence-corrected chi connectivity index (χ3v) is 5.16. The number of fused-ring (bicyclic) bond motifs is 1. The predicted octanol–water partition coefficient (Wildman–Crippen LogP) is -0.114. The number of imide groups is 2. The molecule has 2 saturated heterocycles. The first-order valence-electron chi connectivity index (χ1n) is 8.79. The molecular weight excluding hydrogens is 336 g/mol. The summed E-state index contributed by atoms with van der Waals surface area (Å²) in [6.45, 7) is 4.59. The zero-order valence-corrected chi connectivity index (χ0v) is 14.4. The average Bonchev–Trinajstić information content (AvgIpc) is 2.86. The number of rotatable bonds is 2. The number of anilines is 1. The Morgan fingerprint density at radius 3 is 2.58 bits per heavy atom. The molecule has 0 aromatic heterocycles. The van der Waals surface area contributed by atoms with E-state index in [2.05, 4.69) is 22.5 Å². The molecule has 26 heavy (non-hydrogen) atoms. The highest BCUT2D eigenvalue weighted by atomic mass is 16.2. The van der Waals surface area contributed by atoms with Gasteiger partial charge in [0.25, 0.3) is 11.8 Å². The maximum Gasteiger partial charge on any atom is 0.262 e. The van der Waals surface area contributed by atoms with Crippen molar-refractivity contribution >= 4 is 29.3 Å². The Morgan fingerprint density at radius 1 is 1.08 bits per heavy atom. The van der Waals surface area contributed by atoms with Gasteiger partial charge in [-0.05, 0) is 31.5 Å². The van der Waals surface area contributed by atoms with Crippen molar-refractivity contribution in [1.29, 1.82) is 0 Å². The first kappa shape index (κ1) is 16.7. The normalized spacial score (nSPS) is 26.2. The van der Waals surface area contributed by atoms with E-state index < -0.39 is 23.8 Å². The SMILES string of the molecule is CC1CN(c2ccc3c(c2)C(=O)N(C2CCC(=O)NC2=O)C3=O)CCN1. The quantitative estimate of drug-likeness (QED) is 0.717. The summed E-state index contributed by atoms with van der Waals surface area (Å²) in [5.74, 6) is -1.91. The number of hydrogen-bond donors (Lipinski definition) is 2. The molecule has 8 nitrogen and oxygen atoms in total. The lowest BCUT2D eigenvalue weighted by Gasteiger charge is -2.33. The van der Waals surface area contributed by atoms with Crippen molar-refractivity contribution in [3.8, 4) is 0 Å². The van der Waals surface area contributed by atoms with Crippen LogP contribution in [-0.4, -0.2) is 60.2 Å². The van der Waals surface area contributed by atoms with Gasteiger partial charge in [0.05, 0.1) is 11.1 Å². The molecule has 2 unspecified atom stereocenters. The molecule has 136 valence electrons. The van der Waals surface area contributed by atoms with Crippen molar-refractivity contribution in [1.82, 2.24) is 15.5 Å². The summed E-state index contributed by atoms with van der Waals surface area (Å²) in [4.78, 5) is 52.1. The molecule has 0 radical (unpaired) electrons. The van der Waals surface area contributed by atoms with Gasteiger partial charge in [0.15, 0.2) is 0 Å². The van der Waals surface area contributed by atoms with Crippen LogP contribution in [0, 0.1) is 0 Å². The molecule has 2 fully saturated rings. The smallest absolute Gasteiger partial charge is 0.262 e. The number of piperidine rings is 1. The molecule has 0 bridgehead atoms. The van der Waals surface area contributed by atoms with E-state index in [0.29, 0.717) is 17.2 Å². The number of piperazine rings is 1. The molecular formula is C18H20N4O4. The summed E-state index contributed by atoms with van der Waals surface area (Å²) < 4.78 is 0. The number of carbonyl (C=O) groups excluding carboxylic acids is 4. The van der Waals surface area contributed by atoms with Gasteiger partial charge in [0, 0.05) is 37.8 Å². The highest BCUT2D eigenvalue weighted by Crippen LogP contribution is 2.30. The molecule has 3 heterocycles. The van der Waals surface area contributed by atoms with E-state index in [1.807, 2.05) is 6.07 Å². The van der Waals surface area contributed by atoms with E-state index in [1.54, 1.807) is 12.1 Å². The Bertz CT molecular complexity index is 821. The second-order valence-corrected chi connectivity index (χ2v) is 6.98. The topological polar surface area (TPSA) is 98.8 Å². The van der Waals surface area contributed by atoms with E-state index >= 15 is 0 Å². The van der Waals surface area contributed by atoms with Gasteiger partial charge in [-0.25, -0.2) is 0 Å². The van der Waals surface area contributed by atoms with Crippen LogP contribution in [0.1, 0.15) is 40.5 Å². The second kappa shape index (κ2) is 6.21. The minimum Gasteiger partial charge on any atom is -0.369 e. The molecule has 0 spiro atoms. The lowest BCUT2D eigenvalue weighted by atomic mass is 10.0. The average molecular weight is 356 g/mol. The number of hydrogen-bond acceptors (Lipinski definition) is 6. The number of carbonyl (C=O) groups is 4. The zero-order valence-electron chi connectivity index (χ0n) is 14.4. The molecule has 4 amide bonds. The third kappa shape index (κ3) is 2.66. The van der Waals surface area contributed by atoms with Gasteiger partial charge in [-0.1, -0.05) is 0 Å². The minimum absolute atomic E-state index is 0.119. The fourth-order valence-corrected chi connectivity index (χ4v) is 3.82. The number of benzene rings is 1. The molecule has 0 saturated carbocycles. The van der Waals surface area contributed by atoms with Gasteiger partial charge in [-0.2, -0.15) is 0 Å². The summed E-state index contributed by atoms with van der Waals surface area (Å²) in [7, 11) is 0. The maximum atomic E-state index is 12.8. The van der Waals surface area contributed by atoms with Crippen molar-refractivity contribution in [2.45, 2.75) is 31.8 Å². The van der Waals surface area contributed by atoms with Crippen molar-refractivity contribution in [3.05, 3.63) is 29.3 Å². The monoisotopic (exact) mass is 356 g/mol. The van der Waals surface area contributed by atoms with Gasteiger partial charge in [0.1, 0.15) is 6.04 Å². The minimum atomic E-state index is -0.928. The van der Waals surface area contributed by atoms with Crippen LogP contribution in [0.15, 0.2) is 18.2 Å². The van der Waals surface area contributed by atoms with Gasteiger partial charge in [-0.3, -0.25) is 29.4 Å². The molecule has 1 aromatic rings. The van der Waals surface area contributed by atoms with Crippen LogP contribution in [0.5, 0.6) is 0 Å².